The molecule has 5 aromatic rings. The summed E-state index contributed by atoms with van der Waals surface area (Å²) in [5.74, 6) is -0.277. The number of thiophene rings is 1. The monoisotopic (exact) mass is 469 g/mol. The molecule has 0 aliphatic heterocycles. The maximum absolute atomic E-state index is 13.2. The van der Waals surface area contributed by atoms with Crippen molar-refractivity contribution in [2.24, 2.45) is 0 Å². The van der Waals surface area contributed by atoms with Crippen molar-refractivity contribution < 1.29 is 4.79 Å². The van der Waals surface area contributed by atoms with Crippen LogP contribution in [0.1, 0.15) is 15.2 Å². The fraction of sp³-hybridized carbons (Fsp3) is 0.0370. The van der Waals surface area contributed by atoms with Gasteiger partial charge in [0.25, 0.3) is 5.91 Å². The summed E-state index contributed by atoms with van der Waals surface area (Å²) in [7, 11) is 0. The molecule has 0 aliphatic carbocycles. The van der Waals surface area contributed by atoms with E-state index in [0.29, 0.717) is 21.3 Å². The van der Waals surface area contributed by atoms with Crippen LogP contribution in [0.2, 0.25) is 5.02 Å². The van der Waals surface area contributed by atoms with Gasteiger partial charge in [-0.25, -0.2) is 4.98 Å². The van der Waals surface area contributed by atoms with E-state index in [-0.39, 0.29) is 5.91 Å². The van der Waals surface area contributed by atoms with Gasteiger partial charge in [-0.1, -0.05) is 78.3 Å². The molecular weight excluding hydrogens is 450 g/mol. The van der Waals surface area contributed by atoms with E-state index < -0.39 is 0 Å². The number of nitrogen functional groups attached to an aromatic ring is 1. The third-order valence-corrected chi connectivity index (χ3v) is 7.08. The van der Waals surface area contributed by atoms with Crippen LogP contribution in [0.3, 0.4) is 0 Å². The van der Waals surface area contributed by atoms with Gasteiger partial charge in [-0.2, -0.15) is 0 Å². The fourth-order valence-corrected chi connectivity index (χ4v) is 5.00. The molecule has 0 spiro atoms. The second-order valence-electron chi connectivity index (χ2n) is 7.68. The van der Waals surface area contributed by atoms with Crippen molar-refractivity contribution in [3.63, 3.8) is 0 Å². The first-order valence-electron chi connectivity index (χ1n) is 10.4. The third-order valence-electron chi connectivity index (χ3n) is 5.58. The molecule has 6 heteroatoms. The van der Waals surface area contributed by atoms with E-state index in [2.05, 4.69) is 5.32 Å². The zero-order chi connectivity index (χ0) is 22.9. The number of nitrogens with one attached hydrogen (secondary N) is 1. The molecule has 0 atom stereocenters. The first-order valence-corrected chi connectivity index (χ1v) is 11.6. The number of amides is 1. The molecule has 0 fully saturated rings. The van der Waals surface area contributed by atoms with Gasteiger partial charge in [0.15, 0.2) is 0 Å². The van der Waals surface area contributed by atoms with Crippen LogP contribution in [-0.4, -0.2) is 10.9 Å². The number of benzene rings is 3. The summed E-state index contributed by atoms with van der Waals surface area (Å²) in [6, 6.07) is 27.5. The molecule has 0 aliphatic rings. The molecule has 1 amide bonds. The van der Waals surface area contributed by atoms with Crippen molar-refractivity contribution in [3.05, 3.63) is 100 Å². The van der Waals surface area contributed by atoms with Crippen LogP contribution >= 0.6 is 22.9 Å². The Morgan fingerprint density at radius 3 is 2.30 bits per heavy atom. The molecule has 2 aromatic heterocycles. The highest BCUT2D eigenvalue weighted by Crippen LogP contribution is 2.41. The van der Waals surface area contributed by atoms with Crippen molar-refractivity contribution in [1.29, 1.82) is 0 Å². The Morgan fingerprint density at radius 2 is 1.61 bits per heavy atom. The van der Waals surface area contributed by atoms with Gasteiger partial charge in [0.2, 0.25) is 0 Å². The highest BCUT2D eigenvalue weighted by molar-refractivity contribution is 7.21. The van der Waals surface area contributed by atoms with E-state index >= 15 is 0 Å². The molecule has 0 saturated carbocycles. The largest absolute Gasteiger partial charge is 0.397 e. The Hall–Kier alpha value is -3.67. The molecule has 0 saturated heterocycles. The normalized spacial score (nSPS) is 11.0. The predicted octanol–water partition coefficient (Wildman–Crippen LogP) is 7.43. The number of nitrogens with two attached hydrogens (primary N) is 1. The van der Waals surface area contributed by atoms with E-state index in [1.54, 1.807) is 12.1 Å². The molecule has 33 heavy (non-hydrogen) atoms. The second-order valence-corrected chi connectivity index (χ2v) is 9.08. The first kappa shape index (κ1) is 21.2. The molecule has 0 unspecified atom stereocenters. The van der Waals surface area contributed by atoms with Gasteiger partial charge < -0.3 is 11.1 Å². The molecular formula is C27H20ClN3OS. The number of hydrogen-bond donors (Lipinski definition) is 2. The molecule has 3 N–H and O–H groups in total. The number of nitrogens with zero attached hydrogens (tertiary/aromatic N) is 1. The lowest BCUT2D eigenvalue weighted by Gasteiger charge is -2.10. The van der Waals surface area contributed by atoms with Crippen molar-refractivity contribution in [3.8, 4) is 22.4 Å². The Labute approximate surface area is 200 Å². The first-order chi connectivity index (χ1) is 16.0. The molecule has 5 rings (SSSR count). The van der Waals surface area contributed by atoms with E-state index in [4.69, 9.17) is 22.3 Å². The predicted molar refractivity (Wildman–Crippen MR) is 139 cm³/mol. The second kappa shape index (κ2) is 8.70. The minimum atomic E-state index is -0.277. The minimum absolute atomic E-state index is 0.277. The van der Waals surface area contributed by atoms with Gasteiger partial charge in [0, 0.05) is 21.7 Å². The molecule has 162 valence electrons. The molecule has 4 nitrogen and oxygen atoms in total. The molecule has 0 radical (unpaired) electrons. The summed E-state index contributed by atoms with van der Waals surface area (Å²) in [6.45, 7) is 1.87. The lowest BCUT2D eigenvalue weighted by atomic mass is 9.99. The molecule has 0 bridgehead atoms. The topological polar surface area (TPSA) is 68.0 Å². The number of rotatable bonds is 4. The van der Waals surface area contributed by atoms with Crippen LogP contribution < -0.4 is 11.1 Å². The number of carbonyl (C=O) groups is 1. The van der Waals surface area contributed by atoms with E-state index in [1.165, 1.54) is 11.3 Å². The van der Waals surface area contributed by atoms with Crippen molar-refractivity contribution in [2.75, 3.05) is 11.1 Å². The lowest BCUT2D eigenvalue weighted by Crippen LogP contribution is -2.12. The zero-order valence-corrected chi connectivity index (χ0v) is 19.4. The van der Waals surface area contributed by atoms with Crippen molar-refractivity contribution in [1.82, 2.24) is 4.98 Å². The van der Waals surface area contributed by atoms with Crippen molar-refractivity contribution in [2.45, 2.75) is 6.92 Å². The minimum Gasteiger partial charge on any atom is -0.397 e. The smallest absolute Gasteiger partial charge is 0.267 e. The van der Waals surface area contributed by atoms with Gasteiger partial charge in [-0.05, 0) is 41.8 Å². The Bertz CT molecular complexity index is 1480. The summed E-state index contributed by atoms with van der Waals surface area (Å²) < 4.78 is 0. The molecule has 3 aromatic carbocycles. The Kier molecular flexibility index (Phi) is 5.58. The lowest BCUT2D eigenvalue weighted by molar-refractivity contribution is 0.103. The Balaban J connectivity index is 1.67. The average molecular weight is 470 g/mol. The summed E-state index contributed by atoms with van der Waals surface area (Å²) in [5.41, 5.74) is 12.3. The van der Waals surface area contributed by atoms with Gasteiger partial charge in [0.1, 0.15) is 9.71 Å². The number of fused-ring (bicyclic) bond motifs is 1. The molecule has 2 heterocycles. The third kappa shape index (κ3) is 3.97. The number of halogens is 1. The fourth-order valence-electron chi connectivity index (χ4n) is 3.81. The van der Waals surface area contributed by atoms with Crippen LogP contribution in [0.5, 0.6) is 0 Å². The maximum atomic E-state index is 13.2. The summed E-state index contributed by atoms with van der Waals surface area (Å²) in [4.78, 5) is 19.2. The van der Waals surface area contributed by atoms with E-state index in [0.717, 1.165) is 38.2 Å². The summed E-state index contributed by atoms with van der Waals surface area (Å²) in [6.07, 6.45) is 0. The van der Waals surface area contributed by atoms with Gasteiger partial charge >= 0.3 is 0 Å². The van der Waals surface area contributed by atoms with Crippen molar-refractivity contribution >= 4 is 50.4 Å². The van der Waals surface area contributed by atoms with Crippen LogP contribution in [0, 0.1) is 6.92 Å². The quantitative estimate of drug-likeness (QED) is 0.287. The Morgan fingerprint density at radius 1 is 0.939 bits per heavy atom. The zero-order valence-electron chi connectivity index (χ0n) is 17.8. The van der Waals surface area contributed by atoms with Crippen LogP contribution in [0.4, 0.5) is 11.4 Å². The van der Waals surface area contributed by atoms with Crippen LogP contribution in [0.25, 0.3) is 32.6 Å². The highest BCUT2D eigenvalue weighted by atomic mass is 35.5. The number of anilines is 2. The van der Waals surface area contributed by atoms with Gasteiger partial charge in [-0.15, -0.1) is 11.3 Å². The van der Waals surface area contributed by atoms with E-state index in [9.17, 15) is 4.79 Å². The highest BCUT2D eigenvalue weighted by Gasteiger charge is 2.22. The maximum Gasteiger partial charge on any atom is 0.267 e. The number of carbonyl (C=O) groups excluding carboxylic acids is 1. The summed E-state index contributed by atoms with van der Waals surface area (Å²) >= 11 is 7.52. The number of aromatic nitrogens is 1. The number of pyridine rings is 1. The number of hydrogen-bond acceptors (Lipinski definition) is 4. The SMILES string of the molecule is Cc1c(Cl)cccc1NC(=O)c1sc2nc(-c3ccccc3)cc(-c3ccccc3)c2c1N. The van der Waals surface area contributed by atoms with Crippen LogP contribution in [-0.2, 0) is 0 Å². The average Bonchev–Trinajstić information content (AvgIpc) is 3.19. The summed E-state index contributed by atoms with van der Waals surface area (Å²) in [5, 5.41) is 4.34. The van der Waals surface area contributed by atoms with Gasteiger partial charge in [-0.3, -0.25) is 4.79 Å². The van der Waals surface area contributed by atoms with Crippen LogP contribution in [0.15, 0.2) is 84.9 Å². The van der Waals surface area contributed by atoms with E-state index in [1.807, 2.05) is 79.7 Å². The van der Waals surface area contributed by atoms with Gasteiger partial charge in [0.05, 0.1) is 11.4 Å². The standard InChI is InChI=1S/C27H20ClN3OS/c1-16-20(28)13-8-14-21(16)30-26(32)25-24(29)23-19(17-9-4-2-5-10-17)15-22(31-27(23)33-25)18-11-6-3-7-12-18/h2-15H,29H2,1H3,(H,30,32).